The van der Waals surface area contributed by atoms with Crippen molar-refractivity contribution in [3.05, 3.63) is 170 Å². The van der Waals surface area contributed by atoms with E-state index in [-0.39, 0.29) is 0 Å². The zero-order chi connectivity index (χ0) is 32.3. The Balaban J connectivity index is 1.11. The fourth-order valence-electron chi connectivity index (χ4n) is 7.38. The molecule has 10 aromatic rings. The van der Waals surface area contributed by atoms with Crippen LogP contribution in [0.1, 0.15) is 0 Å². The lowest BCUT2D eigenvalue weighted by atomic mass is 9.94. The molecule has 0 bridgehead atoms. The van der Waals surface area contributed by atoms with Crippen molar-refractivity contribution in [1.29, 1.82) is 0 Å². The Kier molecular flexibility index (Phi) is 6.39. The maximum Gasteiger partial charge on any atom is 0.137 e. The molecule has 0 saturated heterocycles. The maximum atomic E-state index is 6.52. The molecule has 230 valence electrons. The smallest absolute Gasteiger partial charge is 0.137 e. The van der Waals surface area contributed by atoms with Crippen molar-refractivity contribution < 1.29 is 4.42 Å². The molecule has 0 atom stereocenters. The third-order valence-corrected chi connectivity index (χ3v) is 10.9. The minimum Gasteiger partial charge on any atom is -0.456 e. The highest BCUT2D eigenvalue weighted by atomic mass is 32.1. The molecule has 0 saturated carbocycles. The van der Waals surface area contributed by atoms with Gasteiger partial charge in [-0.2, -0.15) is 0 Å². The van der Waals surface area contributed by atoms with Crippen molar-refractivity contribution in [3.63, 3.8) is 0 Å². The molecule has 10 rings (SSSR count). The highest BCUT2D eigenvalue weighted by Gasteiger charge is 2.18. The van der Waals surface area contributed by atoms with Gasteiger partial charge in [0.05, 0.1) is 11.1 Å². The van der Waals surface area contributed by atoms with Gasteiger partial charge in [-0.1, -0.05) is 127 Å². The summed E-state index contributed by atoms with van der Waals surface area (Å²) in [5, 5.41) is 11.2. The van der Waals surface area contributed by atoms with Crippen LogP contribution in [0.15, 0.2) is 174 Å². The van der Waals surface area contributed by atoms with Gasteiger partial charge in [0.1, 0.15) is 11.2 Å². The summed E-state index contributed by atoms with van der Waals surface area (Å²) in [6.07, 6.45) is 0. The fraction of sp³-hybridized carbons (Fsp3) is 0. The molecule has 2 nitrogen and oxygen atoms in total. The fourth-order valence-corrected chi connectivity index (χ4v) is 8.61. The van der Waals surface area contributed by atoms with Crippen molar-refractivity contribution >= 4 is 75.6 Å². The number of hydrogen-bond donors (Lipinski definition) is 1. The normalized spacial score (nSPS) is 11.7. The second kappa shape index (κ2) is 11.2. The van der Waals surface area contributed by atoms with Gasteiger partial charge in [0, 0.05) is 42.4 Å². The Labute approximate surface area is 287 Å². The molecular formula is C46H29NOS. The second-order valence-corrected chi connectivity index (χ2v) is 13.6. The van der Waals surface area contributed by atoms with Gasteiger partial charge >= 0.3 is 0 Å². The molecule has 0 fully saturated rings. The van der Waals surface area contributed by atoms with Gasteiger partial charge in [0.15, 0.2) is 0 Å². The van der Waals surface area contributed by atoms with Crippen LogP contribution in [0.5, 0.6) is 0 Å². The monoisotopic (exact) mass is 643 g/mol. The minimum atomic E-state index is 0.863. The van der Waals surface area contributed by atoms with Gasteiger partial charge in [-0.15, -0.1) is 11.3 Å². The predicted octanol–water partition coefficient (Wildman–Crippen LogP) is 13.9. The Morgan fingerprint density at radius 2 is 1.06 bits per heavy atom. The summed E-state index contributed by atoms with van der Waals surface area (Å²) in [6.45, 7) is 0. The minimum absolute atomic E-state index is 0.863. The first-order valence-corrected chi connectivity index (χ1v) is 17.4. The van der Waals surface area contributed by atoms with E-state index in [1.165, 1.54) is 53.2 Å². The molecular weight excluding hydrogens is 615 g/mol. The number of furan rings is 1. The van der Waals surface area contributed by atoms with Crippen LogP contribution < -0.4 is 5.32 Å². The topological polar surface area (TPSA) is 25.2 Å². The Hall–Kier alpha value is -6.16. The first-order valence-electron chi connectivity index (χ1n) is 16.6. The summed E-state index contributed by atoms with van der Waals surface area (Å²) in [6, 6.07) is 60.7. The second-order valence-electron chi connectivity index (χ2n) is 12.6. The Morgan fingerprint density at radius 3 is 2.02 bits per heavy atom. The molecule has 1 N–H and O–H groups in total. The molecule has 0 radical (unpaired) electrons. The SMILES string of the molecule is c1cc(-c2ccc3ccccc3c2)cc(-c2cccc3oc4cccc(Nc5ccccc5-c5cccc6c5sc5ccccc56)c4c23)c1. The van der Waals surface area contributed by atoms with Crippen LogP contribution in [0.3, 0.4) is 0 Å². The average molecular weight is 644 g/mol. The third kappa shape index (κ3) is 4.62. The van der Waals surface area contributed by atoms with E-state index in [2.05, 4.69) is 175 Å². The molecule has 3 heteroatoms. The molecule has 2 aromatic heterocycles. The van der Waals surface area contributed by atoms with Gasteiger partial charge in [-0.05, 0) is 75.5 Å². The van der Waals surface area contributed by atoms with E-state index < -0.39 is 0 Å². The van der Waals surface area contributed by atoms with Gasteiger partial charge in [0.25, 0.3) is 0 Å². The number of benzene rings is 8. The van der Waals surface area contributed by atoms with Crippen molar-refractivity contribution in [3.8, 4) is 33.4 Å². The van der Waals surface area contributed by atoms with E-state index >= 15 is 0 Å². The predicted molar refractivity (Wildman–Crippen MR) is 210 cm³/mol. The molecule has 0 amide bonds. The van der Waals surface area contributed by atoms with Crippen LogP contribution >= 0.6 is 11.3 Å². The van der Waals surface area contributed by atoms with Crippen molar-refractivity contribution in [2.24, 2.45) is 0 Å². The molecule has 0 aliphatic rings. The molecule has 0 spiro atoms. The van der Waals surface area contributed by atoms with E-state index in [4.69, 9.17) is 4.42 Å². The van der Waals surface area contributed by atoms with Crippen LogP contribution in [0.4, 0.5) is 11.4 Å². The standard InChI is InChI=1S/C46H29NOS/c1-2-12-30-27-32(26-25-29(30)11-1)31-13-7-14-33(28-31)34-17-9-22-41-44(34)45-40(21-10-23-42(45)48-41)47-39-20-5-3-15-35(39)37-18-8-19-38-36-16-4-6-24-43(36)49-46(37)38/h1-28,47H. The van der Waals surface area contributed by atoms with Crippen molar-refractivity contribution in [2.45, 2.75) is 0 Å². The number of nitrogens with one attached hydrogen (secondary N) is 1. The highest BCUT2D eigenvalue weighted by molar-refractivity contribution is 7.26. The number of thiophene rings is 1. The van der Waals surface area contributed by atoms with Crippen LogP contribution in [-0.2, 0) is 0 Å². The first kappa shape index (κ1) is 27.9. The van der Waals surface area contributed by atoms with Crippen LogP contribution in [-0.4, -0.2) is 0 Å². The van der Waals surface area contributed by atoms with Crippen molar-refractivity contribution in [1.82, 2.24) is 0 Å². The summed E-state index contributed by atoms with van der Waals surface area (Å²) < 4.78 is 9.14. The van der Waals surface area contributed by atoms with E-state index in [9.17, 15) is 0 Å². The Bertz CT molecular complexity index is 2880. The van der Waals surface area contributed by atoms with E-state index in [0.717, 1.165) is 44.4 Å². The molecule has 0 unspecified atom stereocenters. The van der Waals surface area contributed by atoms with Gasteiger partial charge in [0.2, 0.25) is 0 Å². The number of hydrogen-bond acceptors (Lipinski definition) is 3. The largest absolute Gasteiger partial charge is 0.456 e. The number of anilines is 2. The van der Waals surface area contributed by atoms with E-state index in [1.54, 1.807) is 0 Å². The molecule has 49 heavy (non-hydrogen) atoms. The number of fused-ring (bicyclic) bond motifs is 7. The average Bonchev–Trinajstić information content (AvgIpc) is 3.74. The maximum absolute atomic E-state index is 6.52. The Morgan fingerprint density at radius 1 is 0.408 bits per heavy atom. The highest BCUT2D eigenvalue weighted by Crippen LogP contribution is 2.45. The van der Waals surface area contributed by atoms with Crippen molar-refractivity contribution in [2.75, 3.05) is 5.32 Å². The zero-order valence-corrected chi connectivity index (χ0v) is 27.3. The lowest BCUT2D eigenvalue weighted by Crippen LogP contribution is -1.94. The van der Waals surface area contributed by atoms with Crippen LogP contribution in [0, 0.1) is 0 Å². The summed E-state index contributed by atoms with van der Waals surface area (Å²) >= 11 is 1.86. The quantitative estimate of drug-likeness (QED) is 0.202. The van der Waals surface area contributed by atoms with Crippen LogP contribution in [0.2, 0.25) is 0 Å². The van der Waals surface area contributed by atoms with Gasteiger partial charge < -0.3 is 9.73 Å². The van der Waals surface area contributed by atoms with Crippen LogP contribution in [0.25, 0.3) is 86.3 Å². The third-order valence-electron chi connectivity index (χ3n) is 9.67. The summed E-state index contributed by atoms with van der Waals surface area (Å²) in [7, 11) is 0. The molecule has 8 aromatic carbocycles. The molecule has 0 aliphatic heterocycles. The summed E-state index contributed by atoms with van der Waals surface area (Å²) in [5.41, 5.74) is 10.9. The number of rotatable bonds is 5. The zero-order valence-electron chi connectivity index (χ0n) is 26.5. The first-order chi connectivity index (χ1) is 24.3. The molecule has 0 aliphatic carbocycles. The lowest BCUT2D eigenvalue weighted by Gasteiger charge is -2.14. The summed E-state index contributed by atoms with van der Waals surface area (Å²) in [5.74, 6) is 0. The van der Waals surface area contributed by atoms with E-state index in [0.29, 0.717) is 0 Å². The molecule has 2 heterocycles. The lowest BCUT2D eigenvalue weighted by molar-refractivity contribution is 0.669. The number of para-hydroxylation sites is 1. The summed E-state index contributed by atoms with van der Waals surface area (Å²) in [4.78, 5) is 0. The van der Waals surface area contributed by atoms with Gasteiger partial charge in [-0.3, -0.25) is 0 Å². The van der Waals surface area contributed by atoms with E-state index in [1.807, 2.05) is 11.3 Å². The van der Waals surface area contributed by atoms with Gasteiger partial charge in [-0.25, -0.2) is 0 Å².